The van der Waals surface area contributed by atoms with Gasteiger partial charge < -0.3 is 14.2 Å². The standard InChI is InChI=1S/C11H12O6/c1-5(12)15-4-7-3-8(16-6(2)13)10-11(17-10)9(7)14/h3,8,10-11H,4H2,1-2H3. The molecule has 0 spiro atoms. The lowest BCUT2D eigenvalue weighted by atomic mass is 9.96. The topological polar surface area (TPSA) is 82.2 Å². The first kappa shape index (κ1) is 11.8. The smallest absolute Gasteiger partial charge is 0.303 e. The number of rotatable bonds is 3. The average Bonchev–Trinajstić information content (AvgIpc) is 2.99. The number of esters is 2. The van der Waals surface area contributed by atoms with Gasteiger partial charge in [0, 0.05) is 19.4 Å². The average molecular weight is 240 g/mol. The van der Waals surface area contributed by atoms with Crippen molar-refractivity contribution in [3.63, 3.8) is 0 Å². The van der Waals surface area contributed by atoms with Gasteiger partial charge in [0.15, 0.2) is 11.9 Å². The Morgan fingerprint density at radius 3 is 2.65 bits per heavy atom. The largest absolute Gasteiger partial charge is 0.461 e. The molecule has 92 valence electrons. The monoisotopic (exact) mass is 240 g/mol. The molecule has 0 radical (unpaired) electrons. The van der Waals surface area contributed by atoms with Gasteiger partial charge in [0.25, 0.3) is 0 Å². The molecular formula is C11H12O6. The number of hydrogen-bond acceptors (Lipinski definition) is 6. The maximum absolute atomic E-state index is 11.7. The molecule has 0 amide bonds. The van der Waals surface area contributed by atoms with Gasteiger partial charge in [-0.15, -0.1) is 0 Å². The fourth-order valence-corrected chi connectivity index (χ4v) is 1.73. The second kappa shape index (κ2) is 4.29. The molecule has 2 rings (SSSR count). The van der Waals surface area contributed by atoms with E-state index < -0.39 is 24.1 Å². The van der Waals surface area contributed by atoms with Crippen LogP contribution in [0.1, 0.15) is 13.8 Å². The summed E-state index contributed by atoms with van der Waals surface area (Å²) in [4.78, 5) is 33.2. The van der Waals surface area contributed by atoms with E-state index in [1.54, 1.807) is 0 Å². The number of carbonyl (C=O) groups is 3. The van der Waals surface area contributed by atoms with Gasteiger partial charge in [-0.05, 0) is 6.08 Å². The molecule has 0 saturated carbocycles. The second-order valence-corrected chi connectivity index (χ2v) is 3.93. The summed E-state index contributed by atoms with van der Waals surface area (Å²) < 4.78 is 14.9. The summed E-state index contributed by atoms with van der Waals surface area (Å²) in [5, 5.41) is 0. The van der Waals surface area contributed by atoms with Crippen LogP contribution in [0.3, 0.4) is 0 Å². The van der Waals surface area contributed by atoms with Crippen LogP contribution in [0, 0.1) is 0 Å². The van der Waals surface area contributed by atoms with E-state index in [2.05, 4.69) is 0 Å². The molecule has 1 saturated heterocycles. The summed E-state index contributed by atoms with van der Waals surface area (Å²) in [5.41, 5.74) is 0.310. The third-order valence-corrected chi connectivity index (χ3v) is 2.52. The molecule has 3 unspecified atom stereocenters. The van der Waals surface area contributed by atoms with Crippen molar-refractivity contribution in [1.29, 1.82) is 0 Å². The predicted molar refractivity (Wildman–Crippen MR) is 53.9 cm³/mol. The number of epoxide rings is 1. The van der Waals surface area contributed by atoms with Crippen molar-refractivity contribution in [2.24, 2.45) is 0 Å². The quantitative estimate of drug-likeness (QED) is 0.500. The van der Waals surface area contributed by atoms with Gasteiger partial charge in [-0.1, -0.05) is 0 Å². The van der Waals surface area contributed by atoms with Crippen molar-refractivity contribution in [3.05, 3.63) is 11.6 Å². The molecular weight excluding hydrogens is 228 g/mol. The van der Waals surface area contributed by atoms with Crippen LogP contribution < -0.4 is 0 Å². The Labute approximate surface area is 97.5 Å². The molecule has 2 aliphatic rings. The van der Waals surface area contributed by atoms with Gasteiger partial charge in [0.05, 0.1) is 0 Å². The van der Waals surface area contributed by atoms with E-state index in [-0.39, 0.29) is 18.5 Å². The highest BCUT2D eigenvalue weighted by Gasteiger charge is 2.54. The fraction of sp³-hybridized carbons (Fsp3) is 0.545. The highest BCUT2D eigenvalue weighted by atomic mass is 16.6. The molecule has 0 N–H and O–H groups in total. The lowest BCUT2D eigenvalue weighted by Gasteiger charge is -2.16. The maximum Gasteiger partial charge on any atom is 0.303 e. The van der Waals surface area contributed by atoms with Crippen molar-refractivity contribution >= 4 is 17.7 Å². The Hall–Kier alpha value is -1.69. The van der Waals surface area contributed by atoms with Crippen molar-refractivity contribution in [3.8, 4) is 0 Å². The minimum absolute atomic E-state index is 0.113. The molecule has 0 aromatic heterocycles. The van der Waals surface area contributed by atoms with Crippen LogP contribution in [0.4, 0.5) is 0 Å². The molecule has 6 heteroatoms. The van der Waals surface area contributed by atoms with Crippen LogP contribution in [-0.2, 0) is 28.6 Å². The number of carbonyl (C=O) groups excluding carboxylic acids is 3. The maximum atomic E-state index is 11.7. The zero-order chi connectivity index (χ0) is 12.6. The van der Waals surface area contributed by atoms with Gasteiger partial charge in [0.2, 0.25) is 0 Å². The SMILES string of the molecule is CC(=O)OCC1=CC(OC(C)=O)C2OC2C1=O. The van der Waals surface area contributed by atoms with E-state index in [4.69, 9.17) is 14.2 Å². The lowest BCUT2D eigenvalue weighted by Crippen LogP contribution is -2.32. The molecule has 0 aromatic rings. The van der Waals surface area contributed by atoms with E-state index >= 15 is 0 Å². The first-order valence-electron chi connectivity index (χ1n) is 5.20. The fourth-order valence-electron chi connectivity index (χ4n) is 1.73. The molecule has 6 nitrogen and oxygen atoms in total. The molecule has 1 heterocycles. The summed E-state index contributed by atoms with van der Waals surface area (Å²) >= 11 is 0. The molecule has 3 atom stereocenters. The molecule has 1 aliphatic heterocycles. The Morgan fingerprint density at radius 1 is 1.35 bits per heavy atom. The summed E-state index contributed by atoms with van der Waals surface area (Å²) in [6.45, 7) is 2.43. The zero-order valence-corrected chi connectivity index (χ0v) is 9.47. The van der Waals surface area contributed by atoms with Crippen molar-refractivity contribution in [1.82, 2.24) is 0 Å². The van der Waals surface area contributed by atoms with Crippen LogP contribution in [0.2, 0.25) is 0 Å². The summed E-state index contributed by atoms with van der Waals surface area (Å²) in [7, 11) is 0. The Bertz CT molecular complexity index is 410. The van der Waals surface area contributed by atoms with E-state index in [0.717, 1.165) is 0 Å². The number of ether oxygens (including phenoxy) is 3. The summed E-state index contributed by atoms with van der Waals surface area (Å²) in [6, 6.07) is 0. The van der Waals surface area contributed by atoms with Gasteiger partial charge in [-0.2, -0.15) is 0 Å². The van der Waals surface area contributed by atoms with Gasteiger partial charge in [-0.3, -0.25) is 14.4 Å². The third-order valence-electron chi connectivity index (χ3n) is 2.52. The highest BCUT2D eigenvalue weighted by Crippen LogP contribution is 2.35. The number of ketones is 1. The van der Waals surface area contributed by atoms with Gasteiger partial charge in [0.1, 0.15) is 18.8 Å². The highest BCUT2D eigenvalue weighted by molar-refractivity contribution is 6.02. The third kappa shape index (κ3) is 2.52. The Morgan fingerprint density at radius 2 is 2.06 bits per heavy atom. The Balaban J connectivity index is 2.07. The van der Waals surface area contributed by atoms with Crippen LogP contribution in [-0.4, -0.2) is 42.6 Å². The zero-order valence-electron chi connectivity index (χ0n) is 9.47. The minimum atomic E-state index is -0.569. The van der Waals surface area contributed by atoms with Crippen molar-refractivity contribution in [2.45, 2.75) is 32.2 Å². The second-order valence-electron chi connectivity index (χ2n) is 3.93. The minimum Gasteiger partial charge on any atom is -0.461 e. The van der Waals surface area contributed by atoms with Gasteiger partial charge >= 0.3 is 11.9 Å². The summed E-state index contributed by atoms with van der Waals surface area (Å²) in [5.74, 6) is -1.12. The molecule has 0 bridgehead atoms. The van der Waals surface area contributed by atoms with Crippen molar-refractivity contribution in [2.75, 3.05) is 6.61 Å². The van der Waals surface area contributed by atoms with E-state index in [0.29, 0.717) is 5.57 Å². The van der Waals surface area contributed by atoms with Crippen LogP contribution in [0.5, 0.6) is 0 Å². The first-order valence-corrected chi connectivity index (χ1v) is 5.20. The molecule has 17 heavy (non-hydrogen) atoms. The van der Waals surface area contributed by atoms with E-state index in [1.165, 1.54) is 19.9 Å². The summed E-state index contributed by atoms with van der Waals surface area (Å²) in [6.07, 6.45) is -0.0240. The van der Waals surface area contributed by atoms with Crippen LogP contribution >= 0.6 is 0 Å². The number of fused-ring (bicyclic) bond motifs is 1. The predicted octanol–water partition coefficient (Wildman–Crippen LogP) is -0.242. The van der Waals surface area contributed by atoms with E-state index in [9.17, 15) is 14.4 Å². The van der Waals surface area contributed by atoms with Crippen molar-refractivity contribution < 1.29 is 28.6 Å². The number of Topliss-reactive ketones (excluding diaryl/α,β-unsaturated/α-hetero) is 1. The van der Waals surface area contributed by atoms with E-state index in [1.807, 2.05) is 0 Å². The first-order chi connectivity index (χ1) is 7.99. The van der Waals surface area contributed by atoms with Crippen LogP contribution in [0.15, 0.2) is 11.6 Å². The molecule has 1 fully saturated rings. The lowest BCUT2D eigenvalue weighted by molar-refractivity contribution is -0.145. The van der Waals surface area contributed by atoms with Gasteiger partial charge in [-0.25, -0.2) is 0 Å². The normalized spacial score (nSPS) is 30.1. The molecule has 0 aromatic carbocycles. The van der Waals surface area contributed by atoms with Crippen LogP contribution in [0.25, 0.3) is 0 Å². The number of hydrogen-bond donors (Lipinski definition) is 0. The molecule has 1 aliphatic carbocycles. The Kier molecular flexibility index (Phi) is 2.97.